The molecule has 3 saturated carbocycles. The molecule has 0 radical (unpaired) electrons. The van der Waals surface area contributed by atoms with Gasteiger partial charge >= 0.3 is 0 Å². The van der Waals surface area contributed by atoms with Crippen molar-refractivity contribution in [3.63, 3.8) is 0 Å². The summed E-state index contributed by atoms with van der Waals surface area (Å²) in [6.07, 6.45) is 20.5. The van der Waals surface area contributed by atoms with E-state index in [9.17, 15) is 0 Å². The van der Waals surface area contributed by atoms with Crippen molar-refractivity contribution in [2.75, 3.05) is 0 Å². The molecule has 1 unspecified atom stereocenters. The lowest BCUT2D eigenvalue weighted by Gasteiger charge is -2.59. The van der Waals surface area contributed by atoms with Crippen molar-refractivity contribution in [1.29, 1.82) is 0 Å². The van der Waals surface area contributed by atoms with Crippen molar-refractivity contribution in [3.05, 3.63) is 24.3 Å². The van der Waals surface area contributed by atoms with Crippen LogP contribution in [0.2, 0.25) is 18.1 Å². The molecule has 4 rings (SSSR count). The van der Waals surface area contributed by atoms with Crippen LogP contribution in [-0.4, -0.2) is 14.4 Å². The fourth-order valence-electron chi connectivity index (χ4n) is 9.56. The maximum Gasteiger partial charge on any atom is 0.192 e. The number of allylic oxidation sites excluding steroid dienone is 2. The van der Waals surface area contributed by atoms with E-state index in [-0.39, 0.29) is 0 Å². The van der Waals surface area contributed by atoms with Crippen LogP contribution in [0.25, 0.3) is 0 Å². The Morgan fingerprint density at radius 1 is 1.11 bits per heavy atom. The third kappa shape index (κ3) is 4.89. The monoisotopic (exact) mass is 512 g/mol. The van der Waals surface area contributed by atoms with Gasteiger partial charge in [0.05, 0.1) is 0 Å². The van der Waals surface area contributed by atoms with E-state index in [1.807, 2.05) is 0 Å². The maximum absolute atomic E-state index is 6.95. The van der Waals surface area contributed by atoms with E-state index in [4.69, 9.17) is 4.43 Å². The first-order chi connectivity index (χ1) is 16.8. The molecule has 3 fully saturated rings. The molecule has 0 N–H and O–H groups in total. The van der Waals surface area contributed by atoms with Crippen molar-refractivity contribution in [3.8, 4) is 0 Å². The quantitative estimate of drug-likeness (QED) is 0.232. The molecule has 0 saturated heterocycles. The highest BCUT2D eigenvalue weighted by molar-refractivity contribution is 6.74. The van der Waals surface area contributed by atoms with Gasteiger partial charge in [-0.1, -0.05) is 79.0 Å². The van der Waals surface area contributed by atoms with Crippen LogP contribution in [0.4, 0.5) is 0 Å². The van der Waals surface area contributed by atoms with Crippen LogP contribution >= 0.6 is 0 Å². The summed E-state index contributed by atoms with van der Waals surface area (Å²) in [4.78, 5) is 0. The zero-order chi connectivity index (χ0) is 26.5. The summed E-state index contributed by atoms with van der Waals surface area (Å²) < 4.78 is 6.95. The fraction of sp³-hybridized carbons (Fsp3) is 0.882. The zero-order valence-corrected chi connectivity index (χ0v) is 26.6. The normalized spacial score (nSPS) is 40.5. The van der Waals surface area contributed by atoms with E-state index in [0.29, 0.717) is 27.9 Å². The number of unbranched alkanes of at least 4 members (excludes halogenated alkanes) is 1. The molecule has 0 amide bonds. The Labute approximate surface area is 226 Å². The SMILES string of the molecule is C=C[C@@H](CCCC)[C@@H](C)[C@H]1CCC2[C@@H]3CC=C4C[C@@H](O[Si](C)(C)C(C)(C)C)CC[C@]4(C)[C@H]3CC[C@@]21C. The number of fused-ring (bicyclic) bond motifs is 5. The first kappa shape index (κ1) is 28.7. The summed E-state index contributed by atoms with van der Waals surface area (Å²) in [6.45, 7) is 26.6. The Balaban J connectivity index is 1.49. The van der Waals surface area contributed by atoms with Gasteiger partial charge in [-0.3, -0.25) is 0 Å². The molecule has 2 heteroatoms. The van der Waals surface area contributed by atoms with Gasteiger partial charge in [0, 0.05) is 6.10 Å². The molecule has 0 aromatic heterocycles. The van der Waals surface area contributed by atoms with Gasteiger partial charge in [-0.2, -0.15) is 0 Å². The number of rotatable bonds is 8. The van der Waals surface area contributed by atoms with Gasteiger partial charge in [0.1, 0.15) is 0 Å². The Hall–Kier alpha value is -0.343. The third-order valence-corrected chi connectivity index (χ3v) is 17.4. The van der Waals surface area contributed by atoms with Crippen LogP contribution < -0.4 is 0 Å². The largest absolute Gasteiger partial charge is 0.414 e. The molecular weight excluding hydrogens is 452 g/mol. The molecule has 1 nitrogen and oxygen atoms in total. The number of hydrogen-bond acceptors (Lipinski definition) is 1. The number of hydrogen-bond donors (Lipinski definition) is 0. The molecule has 0 spiro atoms. The van der Waals surface area contributed by atoms with Gasteiger partial charge in [-0.25, -0.2) is 0 Å². The minimum Gasteiger partial charge on any atom is -0.414 e. The van der Waals surface area contributed by atoms with E-state index in [2.05, 4.69) is 80.3 Å². The van der Waals surface area contributed by atoms with Gasteiger partial charge < -0.3 is 4.43 Å². The predicted molar refractivity (Wildman–Crippen MR) is 160 cm³/mol. The first-order valence-electron chi connectivity index (χ1n) is 15.8. The minimum atomic E-state index is -1.71. The molecule has 0 bridgehead atoms. The highest BCUT2D eigenvalue weighted by atomic mass is 28.4. The molecule has 9 atom stereocenters. The summed E-state index contributed by atoms with van der Waals surface area (Å²) in [7, 11) is -1.71. The standard InChI is InChI=1S/C34H60OSi/c1-11-13-14-25(12-2)24(3)29-17-18-30-28-16-15-26-23-27(35-36(9,10)32(4,5)6)19-21-33(26,7)31(28)20-22-34(29,30)8/h12,15,24-25,27-31H,2,11,13-14,16-23H2,1,3-10H3/t24-,25+,27+,28+,29-,30?,31+,33+,34-/m1/s1. The van der Waals surface area contributed by atoms with E-state index < -0.39 is 8.32 Å². The molecule has 0 aliphatic heterocycles. The van der Waals surface area contributed by atoms with Crippen molar-refractivity contribution in [2.24, 2.45) is 46.3 Å². The van der Waals surface area contributed by atoms with Crippen molar-refractivity contribution in [1.82, 2.24) is 0 Å². The summed E-state index contributed by atoms with van der Waals surface area (Å²) in [5.41, 5.74) is 2.74. The Morgan fingerprint density at radius 3 is 2.47 bits per heavy atom. The maximum atomic E-state index is 6.95. The van der Waals surface area contributed by atoms with E-state index in [0.717, 1.165) is 29.6 Å². The highest BCUT2D eigenvalue weighted by Crippen LogP contribution is 2.67. The molecule has 36 heavy (non-hydrogen) atoms. The fourth-order valence-corrected chi connectivity index (χ4v) is 10.9. The second-order valence-electron chi connectivity index (χ2n) is 15.6. The average Bonchev–Trinajstić information content (AvgIpc) is 3.16. The summed E-state index contributed by atoms with van der Waals surface area (Å²) >= 11 is 0. The Bertz CT molecular complexity index is 820. The predicted octanol–water partition coefficient (Wildman–Crippen LogP) is 10.6. The zero-order valence-electron chi connectivity index (χ0n) is 25.6. The molecule has 0 aromatic rings. The van der Waals surface area contributed by atoms with Crippen LogP contribution in [-0.2, 0) is 4.43 Å². The summed E-state index contributed by atoms with van der Waals surface area (Å²) in [5, 5.41) is 0.297. The lowest BCUT2D eigenvalue weighted by atomic mass is 9.46. The summed E-state index contributed by atoms with van der Waals surface area (Å²) in [6, 6.07) is 0. The van der Waals surface area contributed by atoms with E-state index in [1.165, 1.54) is 70.6 Å². The molecule has 206 valence electrons. The van der Waals surface area contributed by atoms with Crippen LogP contribution in [0, 0.1) is 46.3 Å². The molecule has 4 aliphatic carbocycles. The average molecular weight is 513 g/mol. The van der Waals surface area contributed by atoms with Crippen molar-refractivity contribution in [2.45, 2.75) is 143 Å². The smallest absolute Gasteiger partial charge is 0.192 e. The van der Waals surface area contributed by atoms with Gasteiger partial charge in [0.15, 0.2) is 8.32 Å². The van der Waals surface area contributed by atoms with Crippen LogP contribution in [0.3, 0.4) is 0 Å². The van der Waals surface area contributed by atoms with Gasteiger partial charge in [-0.15, -0.1) is 6.58 Å². The van der Waals surface area contributed by atoms with E-state index in [1.54, 1.807) is 5.57 Å². The van der Waals surface area contributed by atoms with Crippen LogP contribution in [0.5, 0.6) is 0 Å². The highest BCUT2D eigenvalue weighted by Gasteiger charge is 2.59. The molecule has 0 aromatic carbocycles. The molecule has 4 aliphatic rings. The van der Waals surface area contributed by atoms with Gasteiger partial charge in [-0.05, 0) is 122 Å². The summed E-state index contributed by atoms with van der Waals surface area (Å²) in [5.74, 6) is 5.11. The second-order valence-corrected chi connectivity index (χ2v) is 20.4. The van der Waals surface area contributed by atoms with E-state index >= 15 is 0 Å². The minimum absolute atomic E-state index is 0.297. The van der Waals surface area contributed by atoms with Crippen LogP contribution in [0.15, 0.2) is 24.3 Å². The second kappa shape index (κ2) is 10.3. The van der Waals surface area contributed by atoms with Crippen LogP contribution in [0.1, 0.15) is 119 Å². The molecule has 0 heterocycles. The first-order valence-corrected chi connectivity index (χ1v) is 18.7. The topological polar surface area (TPSA) is 9.23 Å². The lowest BCUT2D eigenvalue weighted by Crippen LogP contribution is -2.52. The Kier molecular flexibility index (Phi) is 8.22. The van der Waals surface area contributed by atoms with Gasteiger partial charge in [0.25, 0.3) is 0 Å². The Morgan fingerprint density at radius 2 is 1.83 bits per heavy atom. The lowest BCUT2D eigenvalue weighted by molar-refractivity contribution is -0.0587. The third-order valence-electron chi connectivity index (χ3n) is 12.9. The molecular formula is C34H60OSi. The van der Waals surface area contributed by atoms with Gasteiger partial charge in [0.2, 0.25) is 0 Å². The van der Waals surface area contributed by atoms with Crippen molar-refractivity contribution < 1.29 is 4.43 Å². The van der Waals surface area contributed by atoms with Crippen molar-refractivity contribution >= 4 is 8.32 Å².